The molecule has 0 unspecified atom stereocenters. The van der Waals surface area contributed by atoms with E-state index in [9.17, 15) is 0 Å². The summed E-state index contributed by atoms with van der Waals surface area (Å²) < 4.78 is 2.70. The number of nitrogens with two attached hydrogens (primary N) is 1. The highest BCUT2D eigenvalue weighted by Gasteiger charge is 2.11. The standard InChI is InChI=1S/C13H17BrN4/c1-8(2)6-12-16-13(18(3)17-12)9-4-5-11(15)10(14)7-9/h4-5,7-8H,6,15H2,1-3H3. The second-order valence-electron chi connectivity index (χ2n) is 4.81. The third kappa shape index (κ3) is 2.72. The summed E-state index contributed by atoms with van der Waals surface area (Å²) in [6, 6.07) is 5.80. The predicted molar refractivity (Wildman–Crippen MR) is 77.1 cm³/mol. The minimum Gasteiger partial charge on any atom is -0.398 e. The van der Waals surface area contributed by atoms with Crippen molar-refractivity contribution in [3.05, 3.63) is 28.5 Å². The second kappa shape index (κ2) is 5.10. The Morgan fingerprint density at radius 3 is 2.72 bits per heavy atom. The maximum atomic E-state index is 5.79. The highest BCUT2D eigenvalue weighted by molar-refractivity contribution is 9.10. The molecule has 4 nitrogen and oxygen atoms in total. The zero-order valence-electron chi connectivity index (χ0n) is 10.8. The smallest absolute Gasteiger partial charge is 0.158 e. The lowest BCUT2D eigenvalue weighted by Gasteiger charge is -2.02. The van der Waals surface area contributed by atoms with Gasteiger partial charge in [-0.05, 0) is 40.0 Å². The van der Waals surface area contributed by atoms with Crippen LogP contribution in [-0.4, -0.2) is 14.8 Å². The van der Waals surface area contributed by atoms with E-state index in [0.29, 0.717) is 5.92 Å². The molecule has 0 aliphatic rings. The molecule has 2 aromatic rings. The normalized spacial score (nSPS) is 11.2. The largest absolute Gasteiger partial charge is 0.398 e. The third-order valence-corrected chi connectivity index (χ3v) is 3.34. The molecule has 0 fully saturated rings. The molecule has 0 amide bonds. The van der Waals surface area contributed by atoms with Crippen molar-refractivity contribution in [1.82, 2.24) is 14.8 Å². The van der Waals surface area contributed by atoms with Crippen LogP contribution < -0.4 is 5.73 Å². The summed E-state index contributed by atoms with van der Waals surface area (Å²) in [5.74, 6) is 2.31. The van der Waals surface area contributed by atoms with Crippen molar-refractivity contribution in [2.75, 3.05) is 5.73 Å². The number of anilines is 1. The van der Waals surface area contributed by atoms with Crippen LogP contribution in [0.4, 0.5) is 5.69 Å². The van der Waals surface area contributed by atoms with Crippen molar-refractivity contribution in [2.24, 2.45) is 13.0 Å². The molecular weight excluding hydrogens is 292 g/mol. The molecule has 0 aliphatic carbocycles. The number of aryl methyl sites for hydroxylation is 1. The third-order valence-electron chi connectivity index (χ3n) is 2.66. The maximum absolute atomic E-state index is 5.79. The zero-order chi connectivity index (χ0) is 13.3. The van der Waals surface area contributed by atoms with Gasteiger partial charge in [0.1, 0.15) is 0 Å². The van der Waals surface area contributed by atoms with Gasteiger partial charge in [-0.3, -0.25) is 0 Å². The Morgan fingerprint density at radius 1 is 1.39 bits per heavy atom. The van der Waals surface area contributed by atoms with Gasteiger partial charge >= 0.3 is 0 Å². The number of nitrogen functional groups attached to an aromatic ring is 1. The van der Waals surface area contributed by atoms with Crippen molar-refractivity contribution in [3.63, 3.8) is 0 Å². The Hall–Kier alpha value is -1.36. The number of aromatic nitrogens is 3. The van der Waals surface area contributed by atoms with Gasteiger partial charge in [-0.1, -0.05) is 13.8 Å². The molecule has 0 bridgehead atoms. The topological polar surface area (TPSA) is 56.7 Å². The highest BCUT2D eigenvalue weighted by atomic mass is 79.9. The maximum Gasteiger partial charge on any atom is 0.158 e. The minimum atomic E-state index is 0.554. The molecule has 1 heterocycles. The van der Waals surface area contributed by atoms with E-state index in [1.54, 1.807) is 0 Å². The first-order chi connectivity index (χ1) is 8.47. The molecule has 0 aliphatic heterocycles. The monoisotopic (exact) mass is 308 g/mol. The van der Waals surface area contributed by atoms with Crippen LogP contribution in [0.5, 0.6) is 0 Å². The quantitative estimate of drug-likeness (QED) is 0.887. The van der Waals surface area contributed by atoms with E-state index in [1.165, 1.54) is 0 Å². The molecule has 0 saturated carbocycles. The molecule has 2 rings (SSSR count). The molecule has 2 N–H and O–H groups in total. The van der Waals surface area contributed by atoms with E-state index < -0.39 is 0 Å². The fraction of sp³-hybridized carbons (Fsp3) is 0.385. The molecule has 0 radical (unpaired) electrons. The van der Waals surface area contributed by atoms with Gasteiger partial charge < -0.3 is 5.73 Å². The van der Waals surface area contributed by atoms with E-state index in [1.807, 2.05) is 29.9 Å². The number of benzene rings is 1. The van der Waals surface area contributed by atoms with Crippen LogP contribution in [0, 0.1) is 5.92 Å². The number of hydrogen-bond donors (Lipinski definition) is 1. The SMILES string of the molecule is CC(C)Cc1nc(-c2ccc(N)c(Br)c2)n(C)n1. The van der Waals surface area contributed by atoms with Gasteiger partial charge in [-0.25, -0.2) is 9.67 Å². The van der Waals surface area contributed by atoms with Gasteiger partial charge in [0.2, 0.25) is 0 Å². The molecular formula is C13H17BrN4. The summed E-state index contributed by atoms with van der Waals surface area (Å²) in [6.07, 6.45) is 0.893. The van der Waals surface area contributed by atoms with Crippen LogP contribution in [0.25, 0.3) is 11.4 Å². The van der Waals surface area contributed by atoms with Gasteiger partial charge in [0.05, 0.1) is 0 Å². The van der Waals surface area contributed by atoms with Gasteiger partial charge in [-0.2, -0.15) is 5.10 Å². The molecule has 5 heteroatoms. The first-order valence-electron chi connectivity index (χ1n) is 5.92. The van der Waals surface area contributed by atoms with Crippen molar-refractivity contribution < 1.29 is 0 Å². The fourth-order valence-corrected chi connectivity index (χ4v) is 2.19. The minimum absolute atomic E-state index is 0.554. The van der Waals surface area contributed by atoms with Crippen molar-refractivity contribution >= 4 is 21.6 Å². The molecule has 96 valence electrons. The van der Waals surface area contributed by atoms with Crippen LogP contribution in [-0.2, 0) is 13.5 Å². The van der Waals surface area contributed by atoms with Gasteiger partial charge in [0.15, 0.2) is 11.6 Å². The molecule has 1 aromatic heterocycles. The number of nitrogens with zero attached hydrogens (tertiary/aromatic N) is 3. The molecule has 0 spiro atoms. The van der Waals surface area contributed by atoms with Crippen molar-refractivity contribution in [2.45, 2.75) is 20.3 Å². The van der Waals surface area contributed by atoms with Crippen molar-refractivity contribution in [1.29, 1.82) is 0 Å². The Labute approximate surface area is 115 Å². The van der Waals surface area contributed by atoms with E-state index in [2.05, 4.69) is 39.9 Å². The summed E-state index contributed by atoms with van der Waals surface area (Å²) in [5.41, 5.74) is 7.53. The molecule has 0 atom stereocenters. The summed E-state index contributed by atoms with van der Waals surface area (Å²) in [5, 5.41) is 4.44. The Kier molecular flexibility index (Phi) is 3.71. The highest BCUT2D eigenvalue weighted by Crippen LogP contribution is 2.26. The van der Waals surface area contributed by atoms with Gasteiger partial charge in [0, 0.05) is 29.2 Å². The lowest BCUT2D eigenvalue weighted by atomic mass is 10.1. The summed E-state index contributed by atoms with van der Waals surface area (Å²) in [6.45, 7) is 4.33. The van der Waals surface area contributed by atoms with E-state index in [-0.39, 0.29) is 0 Å². The Morgan fingerprint density at radius 2 is 2.11 bits per heavy atom. The van der Waals surface area contributed by atoms with Crippen LogP contribution in [0.2, 0.25) is 0 Å². The average Bonchev–Trinajstić information content (AvgIpc) is 2.62. The first-order valence-corrected chi connectivity index (χ1v) is 6.72. The summed E-state index contributed by atoms with van der Waals surface area (Å²) >= 11 is 3.43. The molecule has 1 aromatic carbocycles. The average molecular weight is 309 g/mol. The number of halogens is 1. The fourth-order valence-electron chi connectivity index (χ4n) is 1.81. The van der Waals surface area contributed by atoms with Gasteiger partial charge in [0.25, 0.3) is 0 Å². The number of hydrogen-bond acceptors (Lipinski definition) is 3. The van der Waals surface area contributed by atoms with E-state index in [0.717, 1.165) is 33.8 Å². The first kappa shape index (κ1) is 13.1. The lowest BCUT2D eigenvalue weighted by Crippen LogP contribution is -1.98. The van der Waals surface area contributed by atoms with Gasteiger partial charge in [-0.15, -0.1) is 0 Å². The van der Waals surface area contributed by atoms with Crippen LogP contribution in [0.15, 0.2) is 22.7 Å². The van der Waals surface area contributed by atoms with Crippen molar-refractivity contribution in [3.8, 4) is 11.4 Å². The molecule has 18 heavy (non-hydrogen) atoms. The van der Waals surface area contributed by atoms with E-state index >= 15 is 0 Å². The van der Waals surface area contributed by atoms with E-state index in [4.69, 9.17) is 5.73 Å². The molecule has 0 saturated heterocycles. The van der Waals surface area contributed by atoms with Crippen LogP contribution in [0.3, 0.4) is 0 Å². The zero-order valence-corrected chi connectivity index (χ0v) is 12.4. The Bertz CT molecular complexity index is 560. The number of rotatable bonds is 3. The summed E-state index contributed by atoms with van der Waals surface area (Å²) in [7, 11) is 1.91. The Balaban J connectivity index is 2.38. The van der Waals surface area contributed by atoms with Crippen LogP contribution >= 0.6 is 15.9 Å². The predicted octanol–water partition coefficient (Wildman–Crippen LogP) is 3.03. The summed E-state index contributed by atoms with van der Waals surface area (Å²) in [4.78, 5) is 4.58. The lowest BCUT2D eigenvalue weighted by molar-refractivity contribution is 0.613. The van der Waals surface area contributed by atoms with Crippen LogP contribution in [0.1, 0.15) is 19.7 Å². The second-order valence-corrected chi connectivity index (χ2v) is 5.66.